The number of carbonyl (C=O) groups is 2. The van der Waals surface area contributed by atoms with Crippen LogP contribution in [0, 0.1) is 18.8 Å². The maximum atomic E-state index is 12.4. The Morgan fingerprint density at radius 3 is 2.65 bits per heavy atom. The van der Waals surface area contributed by atoms with E-state index in [0.29, 0.717) is 25.4 Å². The molecule has 0 spiro atoms. The Hall–Kier alpha value is -1.88. The number of piperidine rings is 1. The van der Waals surface area contributed by atoms with E-state index in [1.807, 2.05) is 43.0 Å². The Balaban J connectivity index is 1.92. The van der Waals surface area contributed by atoms with Gasteiger partial charge in [0.2, 0.25) is 5.91 Å². The standard InChI is InChI=1S/C18H26N2O3/c1-13-8-16(18(22)23)11-20(9-13)12-17(21)19(3)10-15-7-5-4-6-14(15)2/h4-7,13,16H,8-12H2,1-3H3,(H,22,23). The lowest BCUT2D eigenvalue weighted by atomic mass is 9.90. The molecule has 0 radical (unpaired) electrons. The molecule has 2 atom stereocenters. The van der Waals surface area contributed by atoms with Crippen LogP contribution >= 0.6 is 0 Å². The number of hydrogen-bond acceptors (Lipinski definition) is 3. The molecule has 1 aliphatic heterocycles. The zero-order chi connectivity index (χ0) is 17.0. The number of likely N-dealkylation sites (N-methyl/N-ethyl adjacent to an activating group) is 1. The molecule has 1 amide bonds. The third kappa shape index (κ3) is 4.79. The summed E-state index contributed by atoms with van der Waals surface area (Å²) in [7, 11) is 1.80. The zero-order valence-electron chi connectivity index (χ0n) is 14.2. The summed E-state index contributed by atoms with van der Waals surface area (Å²) >= 11 is 0. The first-order valence-corrected chi connectivity index (χ1v) is 8.10. The molecular formula is C18H26N2O3. The first kappa shape index (κ1) is 17.5. The molecule has 1 fully saturated rings. The SMILES string of the molecule is Cc1ccccc1CN(C)C(=O)CN1CC(C)CC(C(=O)O)C1. The lowest BCUT2D eigenvalue weighted by Gasteiger charge is -2.35. The Kier molecular flexibility index (Phi) is 5.77. The van der Waals surface area contributed by atoms with Crippen molar-refractivity contribution >= 4 is 11.9 Å². The van der Waals surface area contributed by atoms with Crippen molar-refractivity contribution in [3.8, 4) is 0 Å². The summed E-state index contributed by atoms with van der Waals surface area (Å²) in [4.78, 5) is 27.4. The second-order valence-electron chi connectivity index (χ2n) is 6.75. The molecule has 1 saturated heterocycles. The molecule has 1 aliphatic rings. The van der Waals surface area contributed by atoms with E-state index in [4.69, 9.17) is 0 Å². The largest absolute Gasteiger partial charge is 0.481 e. The molecule has 5 heteroatoms. The predicted octanol–water partition coefficient (Wildman–Crippen LogP) is 2.00. The third-order valence-corrected chi connectivity index (χ3v) is 4.54. The predicted molar refractivity (Wildman–Crippen MR) is 89.0 cm³/mol. The first-order valence-electron chi connectivity index (χ1n) is 8.10. The van der Waals surface area contributed by atoms with Crippen LogP contribution in [-0.2, 0) is 16.1 Å². The number of carbonyl (C=O) groups excluding carboxylic acids is 1. The number of rotatable bonds is 5. The molecule has 2 rings (SSSR count). The number of benzene rings is 1. The smallest absolute Gasteiger partial charge is 0.307 e. The van der Waals surface area contributed by atoms with Crippen LogP contribution in [0.25, 0.3) is 0 Å². The molecule has 0 bridgehead atoms. The number of likely N-dealkylation sites (tertiary alicyclic amines) is 1. The Morgan fingerprint density at radius 1 is 1.30 bits per heavy atom. The summed E-state index contributed by atoms with van der Waals surface area (Å²) in [5.74, 6) is -0.790. The van der Waals surface area contributed by atoms with Gasteiger partial charge in [-0.15, -0.1) is 0 Å². The molecule has 0 saturated carbocycles. The van der Waals surface area contributed by atoms with Crippen LogP contribution in [0.3, 0.4) is 0 Å². The highest BCUT2D eigenvalue weighted by molar-refractivity contribution is 5.78. The molecule has 5 nitrogen and oxygen atoms in total. The minimum atomic E-state index is -0.762. The fourth-order valence-corrected chi connectivity index (χ4v) is 3.21. The average molecular weight is 318 g/mol. The molecule has 23 heavy (non-hydrogen) atoms. The van der Waals surface area contributed by atoms with E-state index in [-0.39, 0.29) is 18.4 Å². The van der Waals surface area contributed by atoms with Gasteiger partial charge >= 0.3 is 5.97 Å². The maximum absolute atomic E-state index is 12.4. The quantitative estimate of drug-likeness (QED) is 0.902. The minimum absolute atomic E-state index is 0.0338. The van der Waals surface area contributed by atoms with Crippen LogP contribution in [-0.4, -0.2) is 53.5 Å². The maximum Gasteiger partial charge on any atom is 0.307 e. The molecular weight excluding hydrogens is 292 g/mol. The van der Waals surface area contributed by atoms with Gasteiger partial charge in [0.15, 0.2) is 0 Å². The topological polar surface area (TPSA) is 60.9 Å². The molecule has 0 aliphatic carbocycles. The van der Waals surface area contributed by atoms with E-state index in [2.05, 4.69) is 0 Å². The lowest BCUT2D eigenvalue weighted by Crippen LogP contribution is -2.47. The van der Waals surface area contributed by atoms with Crippen molar-refractivity contribution in [1.29, 1.82) is 0 Å². The van der Waals surface area contributed by atoms with Crippen molar-refractivity contribution in [3.05, 3.63) is 35.4 Å². The summed E-state index contributed by atoms with van der Waals surface area (Å²) in [5, 5.41) is 9.22. The van der Waals surface area contributed by atoms with Crippen molar-refractivity contribution in [1.82, 2.24) is 9.80 Å². The van der Waals surface area contributed by atoms with E-state index in [0.717, 1.165) is 12.1 Å². The number of carboxylic acid groups (broad SMARTS) is 1. The monoisotopic (exact) mass is 318 g/mol. The Morgan fingerprint density at radius 2 is 2.00 bits per heavy atom. The summed E-state index contributed by atoms with van der Waals surface area (Å²) < 4.78 is 0. The highest BCUT2D eigenvalue weighted by atomic mass is 16.4. The van der Waals surface area contributed by atoms with Gasteiger partial charge in [-0.1, -0.05) is 31.2 Å². The van der Waals surface area contributed by atoms with Gasteiger partial charge < -0.3 is 10.0 Å². The van der Waals surface area contributed by atoms with Gasteiger partial charge in [-0.25, -0.2) is 0 Å². The van der Waals surface area contributed by atoms with Gasteiger partial charge in [0.05, 0.1) is 12.5 Å². The number of amides is 1. The van der Waals surface area contributed by atoms with Crippen molar-refractivity contribution in [2.45, 2.75) is 26.8 Å². The highest BCUT2D eigenvalue weighted by Crippen LogP contribution is 2.21. The van der Waals surface area contributed by atoms with Gasteiger partial charge in [-0.2, -0.15) is 0 Å². The van der Waals surface area contributed by atoms with Gasteiger partial charge in [0, 0.05) is 26.7 Å². The second-order valence-corrected chi connectivity index (χ2v) is 6.75. The van der Waals surface area contributed by atoms with E-state index in [9.17, 15) is 14.7 Å². The molecule has 1 heterocycles. The number of aryl methyl sites for hydroxylation is 1. The van der Waals surface area contributed by atoms with Crippen LogP contribution in [0.1, 0.15) is 24.5 Å². The fourth-order valence-electron chi connectivity index (χ4n) is 3.21. The summed E-state index contributed by atoms with van der Waals surface area (Å²) in [5.41, 5.74) is 2.31. The average Bonchev–Trinajstić information content (AvgIpc) is 2.48. The van der Waals surface area contributed by atoms with Crippen molar-refractivity contribution < 1.29 is 14.7 Å². The molecule has 2 unspecified atom stereocenters. The van der Waals surface area contributed by atoms with Gasteiger partial charge in [0.1, 0.15) is 0 Å². The fraction of sp³-hybridized carbons (Fsp3) is 0.556. The van der Waals surface area contributed by atoms with Crippen molar-refractivity contribution in [3.63, 3.8) is 0 Å². The molecule has 126 valence electrons. The van der Waals surface area contributed by atoms with Crippen LogP contribution in [0.4, 0.5) is 0 Å². The molecule has 1 N–H and O–H groups in total. The first-order chi connectivity index (χ1) is 10.9. The molecule has 1 aromatic rings. The third-order valence-electron chi connectivity index (χ3n) is 4.54. The van der Waals surface area contributed by atoms with Crippen LogP contribution in [0.2, 0.25) is 0 Å². The van der Waals surface area contributed by atoms with E-state index >= 15 is 0 Å². The Bertz CT molecular complexity index is 573. The Labute approximate surface area is 137 Å². The van der Waals surface area contributed by atoms with E-state index in [1.54, 1.807) is 11.9 Å². The number of nitrogens with zero attached hydrogens (tertiary/aromatic N) is 2. The molecule has 0 aromatic heterocycles. The number of carboxylic acids is 1. The van der Waals surface area contributed by atoms with Crippen LogP contribution < -0.4 is 0 Å². The number of hydrogen-bond donors (Lipinski definition) is 1. The van der Waals surface area contributed by atoms with Crippen LogP contribution in [0.15, 0.2) is 24.3 Å². The van der Waals surface area contributed by atoms with E-state index in [1.165, 1.54) is 5.56 Å². The minimum Gasteiger partial charge on any atom is -0.481 e. The summed E-state index contributed by atoms with van der Waals surface area (Å²) in [6.07, 6.45) is 0.694. The summed E-state index contributed by atoms with van der Waals surface area (Å²) in [6, 6.07) is 8.03. The number of aliphatic carboxylic acids is 1. The van der Waals surface area contributed by atoms with Gasteiger partial charge in [-0.05, 0) is 30.4 Å². The lowest BCUT2D eigenvalue weighted by molar-refractivity contribution is -0.145. The van der Waals surface area contributed by atoms with Gasteiger partial charge in [-0.3, -0.25) is 14.5 Å². The van der Waals surface area contributed by atoms with Crippen molar-refractivity contribution in [2.24, 2.45) is 11.8 Å². The highest BCUT2D eigenvalue weighted by Gasteiger charge is 2.30. The van der Waals surface area contributed by atoms with Gasteiger partial charge in [0.25, 0.3) is 0 Å². The zero-order valence-corrected chi connectivity index (χ0v) is 14.2. The summed E-state index contributed by atoms with van der Waals surface area (Å²) in [6.45, 7) is 6.20. The molecule has 1 aromatic carbocycles. The van der Waals surface area contributed by atoms with E-state index < -0.39 is 5.97 Å². The van der Waals surface area contributed by atoms with Crippen LogP contribution in [0.5, 0.6) is 0 Å². The van der Waals surface area contributed by atoms with Crippen molar-refractivity contribution in [2.75, 3.05) is 26.7 Å². The second kappa shape index (κ2) is 7.59. The normalized spacial score (nSPS) is 21.9.